The molecule has 0 heterocycles. The van der Waals surface area contributed by atoms with E-state index in [-0.39, 0.29) is 12.2 Å². The molecule has 0 saturated heterocycles. The van der Waals surface area contributed by atoms with E-state index in [0.29, 0.717) is 0 Å². The first-order valence-corrected chi connectivity index (χ1v) is 5.12. The predicted molar refractivity (Wildman–Crippen MR) is 58.3 cm³/mol. The molecule has 0 aliphatic carbocycles. The third kappa shape index (κ3) is 2.86. The van der Waals surface area contributed by atoms with Crippen LogP contribution in [0.1, 0.15) is 18.5 Å². The summed E-state index contributed by atoms with van der Waals surface area (Å²) in [4.78, 5) is 11.1. The number of nitrogens with two attached hydrogens (primary N) is 1. The molecule has 1 aromatic rings. The van der Waals surface area contributed by atoms with E-state index < -0.39 is 29.4 Å². The molecule has 0 radical (unpaired) electrons. The normalized spacial score (nSPS) is 13.1. The summed E-state index contributed by atoms with van der Waals surface area (Å²) in [6, 6.07) is 0.822. The summed E-state index contributed by atoms with van der Waals surface area (Å²) in [6.45, 7) is 1.19. The molecule has 1 atom stereocenters. The van der Waals surface area contributed by atoms with Crippen LogP contribution < -0.4 is 5.73 Å². The third-order valence-electron chi connectivity index (χ3n) is 2.22. The van der Waals surface area contributed by atoms with Crippen LogP contribution in [0.2, 0.25) is 0 Å². The Hall–Kier alpha value is -1.89. The molecule has 0 unspecified atom stereocenters. The molecule has 100 valence electrons. The van der Waals surface area contributed by atoms with Gasteiger partial charge in [-0.1, -0.05) is 0 Å². The number of hydrogen-bond donors (Lipinski definition) is 3. The number of rotatable bonds is 4. The van der Waals surface area contributed by atoms with Crippen LogP contribution in [0.5, 0.6) is 11.5 Å². The second kappa shape index (κ2) is 5.18. The van der Waals surface area contributed by atoms with Crippen molar-refractivity contribution in [2.45, 2.75) is 18.9 Å². The van der Waals surface area contributed by atoms with Crippen LogP contribution in [-0.2, 0) is 9.53 Å². The van der Waals surface area contributed by atoms with Crippen LogP contribution in [0.3, 0.4) is 0 Å². The zero-order valence-corrected chi connectivity index (χ0v) is 9.56. The lowest BCUT2D eigenvalue weighted by Crippen LogP contribution is -2.41. The van der Waals surface area contributed by atoms with Crippen molar-refractivity contribution < 1.29 is 28.5 Å². The van der Waals surface area contributed by atoms with Gasteiger partial charge in [0.1, 0.15) is 17.5 Å². The zero-order valence-electron chi connectivity index (χ0n) is 9.56. The highest BCUT2D eigenvalue weighted by molar-refractivity contribution is 5.79. The minimum absolute atomic E-state index is 0.202. The molecule has 0 fully saturated rings. The Morgan fingerprint density at radius 2 is 1.89 bits per heavy atom. The quantitative estimate of drug-likeness (QED) is 0.710. The van der Waals surface area contributed by atoms with Crippen molar-refractivity contribution in [3.05, 3.63) is 23.8 Å². The minimum Gasteiger partial charge on any atom is -0.508 e. The average Bonchev–Trinajstić information content (AvgIpc) is 2.26. The molecule has 0 aromatic heterocycles. The molecule has 1 rings (SSSR count). The Labute approximate surface area is 102 Å². The average molecular weight is 261 g/mol. The van der Waals surface area contributed by atoms with Gasteiger partial charge in [0.2, 0.25) is 0 Å². The van der Waals surface area contributed by atoms with Crippen LogP contribution in [0.25, 0.3) is 0 Å². The van der Waals surface area contributed by atoms with Crippen molar-refractivity contribution in [1.29, 1.82) is 0 Å². The highest BCUT2D eigenvalue weighted by atomic mass is 19.3. The molecule has 0 saturated carbocycles. The summed E-state index contributed by atoms with van der Waals surface area (Å²) in [6.07, 6.45) is 0. The van der Waals surface area contributed by atoms with Crippen molar-refractivity contribution in [3.8, 4) is 11.5 Å². The number of phenols is 2. The maximum Gasteiger partial charge on any atom is 0.379 e. The standard InChI is InChI=1S/C11H13F2NO4/c1-2-18-10(17)11(12,13)9(14)6-3-7(15)5-8(16)4-6/h3-5,9,15-16H,2,14H2,1H3/t9-/m1/s1. The lowest BCUT2D eigenvalue weighted by molar-refractivity contribution is -0.174. The highest BCUT2D eigenvalue weighted by Gasteiger charge is 2.47. The molecule has 5 nitrogen and oxygen atoms in total. The Morgan fingerprint density at radius 3 is 2.33 bits per heavy atom. The number of esters is 1. The van der Waals surface area contributed by atoms with E-state index in [9.17, 15) is 23.8 Å². The van der Waals surface area contributed by atoms with Crippen molar-refractivity contribution in [2.24, 2.45) is 5.73 Å². The van der Waals surface area contributed by atoms with Crippen molar-refractivity contribution in [3.63, 3.8) is 0 Å². The molecule has 18 heavy (non-hydrogen) atoms. The van der Waals surface area contributed by atoms with E-state index in [1.54, 1.807) is 0 Å². The van der Waals surface area contributed by atoms with Gasteiger partial charge in [0, 0.05) is 6.07 Å². The van der Waals surface area contributed by atoms with Crippen LogP contribution in [-0.4, -0.2) is 28.7 Å². The Bertz CT molecular complexity index is 430. The third-order valence-corrected chi connectivity index (χ3v) is 2.22. The summed E-state index contributed by atoms with van der Waals surface area (Å²) in [5, 5.41) is 18.3. The molecule has 0 bridgehead atoms. The van der Waals surface area contributed by atoms with Gasteiger partial charge in [0.25, 0.3) is 0 Å². The first-order chi connectivity index (χ1) is 8.28. The number of phenolic OH excluding ortho intramolecular Hbond substituents is 2. The van der Waals surface area contributed by atoms with Gasteiger partial charge >= 0.3 is 11.9 Å². The van der Waals surface area contributed by atoms with E-state index in [0.717, 1.165) is 18.2 Å². The summed E-state index contributed by atoms with van der Waals surface area (Å²) >= 11 is 0. The SMILES string of the molecule is CCOC(=O)C(F)(F)[C@H](N)c1cc(O)cc(O)c1. The van der Waals surface area contributed by atoms with Crippen LogP contribution in [0.4, 0.5) is 8.78 Å². The summed E-state index contributed by atoms with van der Waals surface area (Å²) in [5.74, 6) is -6.56. The van der Waals surface area contributed by atoms with Crippen molar-refractivity contribution in [2.75, 3.05) is 6.61 Å². The number of alkyl halides is 2. The number of halogens is 2. The van der Waals surface area contributed by atoms with E-state index in [2.05, 4.69) is 4.74 Å². The second-order valence-electron chi connectivity index (χ2n) is 3.60. The van der Waals surface area contributed by atoms with Gasteiger partial charge in [-0.15, -0.1) is 0 Å². The van der Waals surface area contributed by atoms with Crippen molar-refractivity contribution in [1.82, 2.24) is 0 Å². The summed E-state index contributed by atoms with van der Waals surface area (Å²) < 4.78 is 31.4. The fourth-order valence-corrected chi connectivity index (χ4v) is 1.36. The van der Waals surface area contributed by atoms with Crippen LogP contribution in [0.15, 0.2) is 18.2 Å². The Morgan fingerprint density at radius 1 is 1.39 bits per heavy atom. The smallest absolute Gasteiger partial charge is 0.379 e. The summed E-state index contributed by atoms with van der Waals surface area (Å²) in [7, 11) is 0. The van der Waals surface area contributed by atoms with Crippen molar-refractivity contribution >= 4 is 5.97 Å². The number of ether oxygens (including phenoxy) is 1. The van der Waals surface area contributed by atoms with Gasteiger partial charge in [0.05, 0.1) is 6.61 Å². The van der Waals surface area contributed by atoms with Gasteiger partial charge in [-0.25, -0.2) is 4.79 Å². The molecule has 0 amide bonds. The van der Waals surface area contributed by atoms with Gasteiger partial charge in [-0.3, -0.25) is 0 Å². The van der Waals surface area contributed by atoms with Crippen LogP contribution >= 0.6 is 0 Å². The van der Waals surface area contributed by atoms with Crippen LogP contribution in [0, 0.1) is 0 Å². The lowest BCUT2D eigenvalue weighted by Gasteiger charge is -2.22. The highest BCUT2D eigenvalue weighted by Crippen LogP contribution is 2.33. The van der Waals surface area contributed by atoms with Gasteiger partial charge in [-0.2, -0.15) is 8.78 Å². The molecule has 4 N–H and O–H groups in total. The topological polar surface area (TPSA) is 92.8 Å². The number of aromatic hydroxyl groups is 2. The molecule has 7 heteroatoms. The minimum atomic E-state index is -3.95. The van der Waals surface area contributed by atoms with Gasteiger partial charge in [0.15, 0.2) is 0 Å². The zero-order chi connectivity index (χ0) is 13.9. The van der Waals surface area contributed by atoms with Gasteiger partial charge in [-0.05, 0) is 24.6 Å². The van der Waals surface area contributed by atoms with E-state index in [4.69, 9.17) is 5.73 Å². The predicted octanol–water partition coefficient (Wildman–Crippen LogP) is 1.30. The van der Waals surface area contributed by atoms with Gasteiger partial charge < -0.3 is 20.7 Å². The molecule has 0 spiro atoms. The maximum absolute atomic E-state index is 13.6. The molecule has 1 aromatic carbocycles. The Kier molecular flexibility index (Phi) is 4.07. The second-order valence-corrected chi connectivity index (χ2v) is 3.60. The first-order valence-electron chi connectivity index (χ1n) is 5.12. The fraction of sp³-hybridized carbons (Fsp3) is 0.364. The molecular weight excluding hydrogens is 248 g/mol. The first kappa shape index (κ1) is 14.2. The number of hydrogen-bond acceptors (Lipinski definition) is 5. The fourth-order valence-electron chi connectivity index (χ4n) is 1.36. The number of carbonyl (C=O) groups excluding carboxylic acids is 1. The lowest BCUT2D eigenvalue weighted by atomic mass is 10.0. The largest absolute Gasteiger partial charge is 0.508 e. The number of benzene rings is 1. The van der Waals surface area contributed by atoms with E-state index >= 15 is 0 Å². The summed E-state index contributed by atoms with van der Waals surface area (Å²) in [5.41, 5.74) is 5.00. The molecular formula is C11H13F2NO4. The maximum atomic E-state index is 13.6. The van der Waals surface area contributed by atoms with E-state index in [1.807, 2.05) is 0 Å². The van der Waals surface area contributed by atoms with E-state index in [1.165, 1.54) is 6.92 Å². The number of carbonyl (C=O) groups is 1. The monoisotopic (exact) mass is 261 g/mol. The molecule has 0 aliphatic rings. The Balaban J connectivity index is 3.04. The molecule has 0 aliphatic heterocycles.